The van der Waals surface area contributed by atoms with E-state index in [4.69, 9.17) is 4.74 Å². The number of rotatable bonds is 2. The third-order valence-corrected chi connectivity index (χ3v) is 6.63. The molecule has 0 spiro atoms. The standard InChI is InChI=1S/C24H25N3O3/c1-16-18-10-6-7-11-19(18)26(2)22(16)23(29)27-13-12-24(17-8-4-3-5-9-17)20(14-27)30-15-21(28)25-24/h3-11,20H,12-15H2,1-2H3,(H,25,28)/t20-,24+/m1/s1. The Hall–Kier alpha value is -3.12. The summed E-state index contributed by atoms with van der Waals surface area (Å²) < 4.78 is 7.96. The molecule has 3 heterocycles. The number of hydrogen-bond donors (Lipinski definition) is 1. The summed E-state index contributed by atoms with van der Waals surface area (Å²) in [5.41, 5.74) is 3.19. The van der Waals surface area contributed by atoms with Crippen LogP contribution in [-0.4, -0.2) is 47.1 Å². The van der Waals surface area contributed by atoms with Gasteiger partial charge in [-0.15, -0.1) is 0 Å². The highest BCUT2D eigenvalue weighted by molar-refractivity contribution is 6.01. The molecule has 6 nitrogen and oxygen atoms in total. The molecule has 0 radical (unpaired) electrons. The van der Waals surface area contributed by atoms with E-state index in [1.165, 1.54) is 0 Å². The number of carbonyl (C=O) groups excluding carboxylic acids is 2. The Morgan fingerprint density at radius 3 is 2.63 bits per heavy atom. The lowest BCUT2D eigenvalue weighted by atomic mass is 9.77. The van der Waals surface area contributed by atoms with Crippen molar-refractivity contribution in [1.29, 1.82) is 0 Å². The Morgan fingerprint density at radius 1 is 1.13 bits per heavy atom. The monoisotopic (exact) mass is 403 g/mol. The smallest absolute Gasteiger partial charge is 0.270 e. The van der Waals surface area contributed by atoms with Crippen molar-refractivity contribution in [3.05, 3.63) is 71.4 Å². The molecule has 2 aromatic carbocycles. The Morgan fingerprint density at radius 2 is 1.87 bits per heavy atom. The van der Waals surface area contributed by atoms with Crippen molar-refractivity contribution < 1.29 is 14.3 Å². The van der Waals surface area contributed by atoms with Crippen LogP contribution in [0.1, 0.15) is 28.0 Å². The van der Waals surface area contributed by atoms with E-state index in [0.29, 0.717) is 25.2 Å². The number of fused-ring (bicyclic) bond motifs is 2. The lowest BCUT2D eigenvalue weighted by Gasteiger charge is -2.50. The lowest BCUT2D eigenvalue weighted by molar-refractivity contribution is -0.150. The molecule has 30 heavy (non-hydrogen) atoms. The van der Waals surface area contributed by atoms with Gasteiger partial charge in [0.1, 0.15) is 18.4 Å². The number of carbonyl (C=O) groups is 2. The number of para-hydroxylation sites is 1. The Bertz CT molecular complexity index is 1100. The summed E-state index contributed by atoms with van der Waals surface area (Å²) in [5.74, 6) is -0.104. The molecule has 6 heteroatoms. The predicted molar refractivity (Wildman–Crippen MR) is 114 cm³/mol. The van der Waals surface area contributed by atoms with Gasteiger partial charge >= 0.3 is 0 Å². The second-order valence-electron chi connectivity index (χ2n) is 8.24. The van der Waals surface area contributed by atoms with Crippen LogP contribution in [0, 0.1) is 6.92 Å². The van der Waals surface area contributed by atoms with Gasteiger partial charge in [-0.3, -0.25) is 9.59 Å². The molecule has 1 aromatic heterocycles. The fraction of sp³-hybridized carbons (Fsp3) is 0.333. The molecular weight excluding hydrogens is 378 g/mol. The van der Waals surface area contributed by atoms with Gasteiger partial charge < -0.3 is 19.5 Å². The van der Waals surface area contributed by atoms with E-state index in [1.807, 2.05) is 72.0 Å². The SMILES string of the molecule is Cc1c(C(=O)N2CC[C@@]3(c4ccccc4)NC(=O)CO[C@@H]3C2)n(C)c2ccccc12. The maximum absolute atomic E-state index is 13.6. The van der Waals surface area contributed by atoms with Gasteiger partial charge in [-0.2, -0.15) is 0 Å². The summed E-state index contributed by atoms with van der Waals surface area (Å²) >= 11 is 0. The fourth-order valence-electron chi connectivity index (χ4n) is 5.08. The molecule has 2 aliphatic rings. The minimum absolute atomic E-state index is 0.00774. The highest BCUT2D eigenvalue weighted by Crippen LogP contribution is 2.38. The van der Waals surface area contributed by atoms with Gasteiger partial charge in [0.2, 0.25) is 5.91 Å². The first-order chi connectivity index (χ1) is 14.5. The summed E-state index contributed by atoms with van der Waals surface area (Å²) in [4.78, 5) is 27.6. The zero-order valence-corrected chi connectivity index (χ0v) is 17.2. The third kappa shape index (κ3) is 2.75. The molecule has 0 saturated carbocycles. The first kappa shape index (κ1) is 18.9. The third-order valence-electron chi connectivity index (χ3n) is 6.63. The van der Waals surface area contributed by atoms with E-state index in [2.05, 4.69) is 11.4 Å². The van der Waals surface area contributed by atoms with E-state index < -0.39 is 5.54 Å². The molecule has 2 aliphatic heterocycles. The van der Waals surface area contributed by atoms with Crippen LogP contribution in [0.4, 0.5) is 0 Å². The molecule has 2 amide bonds. The summed E-state index contributed by atoms with van der Waals surface area (Å²) in [6.07, 6.45) is 0.326. The van der Waals surface area contributed by atoms with Crippen LogP contribution in [0.5, 0.6) is 0 Å². The van der Waals surface area contributed by atoms with Crippen molar-refractivity contribution in [2.24, 2.45) is 7.05 Å². The number of benzene rings is 2. The zero-order valence-electron chi connectivity index (χ0n) is 17.2. The van der Waals surface area contributed by atoms with Crippen LogP contribution in [0.15, 0.2) is 54.6 Å². The summed E-state index contributed by atoms with van der Waals surface area (Å²) in [5, 5.41) is 4.28. The number of aryl methyl sites for hydroxylation is 2. The molecule has 154 valence electrons. The number of nitrogens with zero attached hydrogens (tertiary/aromatic N) is 2. The maximum atomic E-state index is 13.6. The van der Waals surface area contributed by atoms with Crippen LogP contribution < -0.4 is 5.32 Å². The molecule has 5 rings (SSSR count). The van der Waals surface area contributed by atoms with E-state index in [1.54, 1.807) is 0 Å². The molecular formula is C24H25N3O3. The second kappa shape index (κ2) is 6.99. The maximum Gasteiger partial charge on any atom is 0.270 e. The van der Waals surface area contributed by atoms with Crippen LogP contribution in [-0.2, 0) is 22.1 Å². The van der Waals surface area contributed by atoms with Crippen molar-refractivity contribution >= 4 is 22.7 Å². The van der Waals surface area contributed by atoms with E-state index in [-0.39, 0.29) is 24.5 Å². The molecule has 1 N–H and O–H groups in total. The van der Waals surface area contributed by atoms with Gasteiger partial charge in [0.15, 0.2) is 0 Å². The number of amides is 2. The van der Waals surface area contributed by atoms with Gasteiger partial charge in [-0.05, 0) is 30.5 Å². The van der Waals surface area contributed by atoms with Crippen LogP contribution in [0.25, 0.3) is 10.9 Å². The van der Waals surface area contributed by atoms with Gasteiger partial charge in [0.05, 0.1) is 5.54 Å². The number of likely N-dealkylation sites (tertiary alicyclic amines) is 1. The van der Waals surface area contributed by atoms with Gasteiger partial charge in [0, 0.05) is 31.0 Å². The van der Waals surface area contributed by atoms with E-state index in [9.17, 15) is 9.59 Å². The minimum Gasteiger partial charge on any atom is -0.364 e. The average molecular weight is 403 g/mol. The Labute approximate surface area is 175 Å². The predicted octanol–water partition coefficient (Wildman–Crippen LogP) is 2.74. The van der Waals surface area contributed by atoms with Crippen molar-refractivity contribution in [2.75, 3.05) is 19.7 Å². The van der Waals surface area contributed by atoms with Crippen LogP contribution in [0.2, 0.25) is 0 Å². The largest absolute Gasteiger partial charge is 0.364 e. The van der Waals surface area contributed by atoms with Crippen LogP contribution in [0.3, 0.4) is 0 Å². The van der Waals surface area contributed by atoms with E-state index in [0.717, 1.165) is 22.0 Å². The molecule has 0 unspecified atom stereocenters. The molecule has 3 aromatic rings. The number of aromatic nitrogens is 1. The summed E-state index contributed by atoms with van der Waals surface area (Å²) in [7, 11) is 1.94. The highest BCUT2D eigenvalue weighted by atomic mass is 16.5. The molecule has 0 aliphatic carbocycles. The number of ether oxygens (including phenoxy) is 1. The number of morpholine rings is 1. The highest BCUT2D eigenvalue weighted by Gasteiger charge is 2.50. The average Bonchev–Trinajstić information content (AvgIpc) is 3.04. The van der Waals surface area contributed by atoms with Gasteiger partial charge in [0.25, 0.3) is 5.91 Å². The zero-order chi connectivity index (χ0) is 20.9. The summed E-state index contributed by atoms with van der Waals surface area (Å²) in [6, 6.07) is 18.0. The van der Waals surface area contributed by atoms with Crippen molar-refractivity contribution in [3.63, 3.8) is 0 Å². The Kier molecular flexibility index (Phi) is 4.40. The molecule has 0 bridgehead atoms. The quantitative estimate of drug-likeness (QED) is 0.716. The lowest BCUT2D eigenvalue weighted by Crippen LogP contribution is -2.67. The first-order valence-electron chi connectivity index (χ1n) is 10.3. The Balaban J connectivity index is 1.48. The van der Waals surface area contributed by atoms with Gasteiger partial charge in [-0.1, -0.05) is 48.5 Å². The fourth-order valence-corrected chi connectivity index (χ4v) is 5.08. The molecule has 2 fully saturated rings. The van der Waals surface area contributed by atoms with Crippen molar-refractivity contribution in [1.82, 2.24) is 14.8 Å². The number of hydrogen-bond acceptors (Lipinski definition) is 3. The molecule has 2 saturated heterocycles. The number of piperidine rings is 1. The first-order valence-corrected chi connectivity index (χ1v) is 10.3. The minimum atomic E-state index is -0.596. The van der Waals surface area contributed by atoms with Crippen molar-refractivity contribution in [2.45, 2.75) is 25.0 Å². The molecule has 2 atom stereocenters. The topological polar surface area (TPSA) is 63.6 Å². The van der Waals surface area contributed by atoms with Gasteiger partial charge in [-0.25, -0.2) is 0 Å². The van der Waals surface area contributed by atoms with Crippen LogP contribution >= 0.6 is 0 Å². The number of nitrogens with one attached hydrogen (secondary N) is 1. The summed E-state index contributed by atoms with van der Waals surface area (Å²) in [6.45, 7) is 3.02. The van der Waals surface area contributed by atoms with E-state index >= 15 is 0 Å². The second-order valence-corrected chi connectivity index (χ2v) is 8.24. The van der Waals surface area contributed by atoms with Crippen molar-refractivity contribution in [3.8, 4) is 0 Å². The normalized spacial score (nSPS) is 23.9.